The third-order valence-electron chi connectivity index (χ3n) is 4.81. The highest BCUT2D eigenvalue weighted by atomic mass is 35.5. The van der Waals surface area contributed by atoms with Crippen molar-refractivity contribution in [1.82, 2.24) is 10.2 Å². The smallest absolute Gasteiger partial charge is 0.373 e. The molecule has 1 fully saturated rings. The Morgan fingerprint density at radius 2 is 1.82 bits per heavy atom. The van der Waals surface area contributed by atoms with E-state index in [1.165, 1.54) is 43.5 Å². The molecule has 0 radical (unpaired) electrons. The number of nitrogens with one attached hydrogen (secondary N) is 1. The molecule has 0 atom stereocenters. The van der Waals surface area contributed by atoms with Crippen molar-refractivity contribution in [3.63, 3.8) is 0 Å². The molecule has 10 heteroatoms. The van der Waals surface area contributed by atoms with Crippen LogP contribution in [0.25, 0.3) is 6.08 Å². The molecule has 0 unspecified atom stereocenters. The highest BCUT2D eigenvalue weighted by molar-refractivity contribution is 6.30. The molecule has 0 bridgehead atoms. The second-order valence-corrected chi connectivity index (χ2v) is 7.51. The maximum Gasteiger partial charge on any atom is 0.373 e. The Labute approximate surface area is 198 Å². The molecule has 9 nitrogen and oxygen atoms in total. The first kappa shape index (κ1) is 22.8. The van der Waals surface area contributed by atoms with Gasteiger partial charge in [0.15, 0.2) is 0 Å². The van der Waals surface area contributed by atoms with Crippen molar-refractivity contribution in [2.24, 2.45) is 0 Å². The number of benzene rings is 2. The number of ether oxygens (including phenoxy) is 2. The van der Waals surface area contributed by atoms with Crippen LogP contribution in [0.5, 0.6) is 5.75 Å². The van der Waals surface area contributed by atoms with Crippen molar-refractivity contribution in [3.8, 4) is 5.75 Å². The third-order valence-corrected chi connectivity index (χ3v) is 5.04. The number of urea groups is 1. The number of carbonyl (C=O) groups excluding carboxylic acids is 4. The van der Waals surface area contributed by atoms with E-state index < -0.39 is 23.9 Å². The number of rotatable bonds is 6. The number of imide groups is 1. The van der Waals surface area contributed by atoms with Gasteiger partial charge in [-0.2, -0.15) is 0 Å². The molecule has 3 aromatic rings. The zero-order chi connectivity index (χ0) is 24.2. The van der Waals surface area contributed by atoms with Gasteiger partial charge in [0, 0.05) is 10.6 Å². The van der Waals surface area contributed by atoms with Crippen molar-refractivity contribution in [1.29, 1.82) is 0 Å². The minimum atomic E-state index is -0.683. The zero-order valence-corrected chi connectivity index (χ0v) is 18.5. The Morgan fingerprint density at radius 1 is 1.06 bits per heavy atom. The van der Waals surface area contributed by atoms with Crippen LogP contribution in [0.4, 0.5) is 4.79 Å². The van der Waals surface area contributed by atoms with Gasteiger partial charge < -0.3 is 19.2 Å². The standard InChI is InChI=1S/C24H17ClN2O7/c1-32-23(30)20-10-8-17(33-20)13-27-21(28)18(26-24(27)31)12-15-11-16(25)7-9-19(15)34-22(29)14-5-3-2-4-6-14/h2-12H,13H2,1H3,(H,26,31). The Bertz CT molecular complexity index is 1310. The number of hydrogen-bond donors (Lipinski definition) is 1. The summed E-state index contributed by atoms with van der Waals surface area (Å²) in [6, 6.07) is 15.1. The molecule has 0 aliphatic carbocycles. The molecular weight excluding hydrogens is 464 g/mol. The normalized spacial score (nSPS) is 14.3. The van der Waals surface area contributed by atoms with Crippen molar-refractivity contribution in [2.45, 2.75) is 6.54 Å². The average Bonchev–Trinajstić information content (AvgIpc) is 3.41. The lowest BCUT2D eigenvalue weighted by Gasteiger charge is -2.10. The van der Waals surface area contributed by atoms with Gasteiger partial charge in [-0.3, -0.25) is 9.69 Å². The Balaban J connectivity index is 1.56. The number of hydrogen-bond acceptors (Lipinski definition) is 7. The van der Waals surface area contributed by atoms with Crippen molar-refractivity contribution in [2.75, 3.05) is 7.11 Å². The summed E-state index contributed by atoms with van der Waals surface area (Å²) in [4.78, 5) is 50.2. The minimum absolute atomic E-state index is 0.0517. The Morgan fingerprint density at radius 3 is 2.56 bits per heavy atom. The van der Waals surface area contributed by atoms with Crippen molar-refractivity contribution in [3.05, 3.63) is 94.0 Å². The van der Waals surface area contributed by atoms with E-state index >= 15 is 0 Å². The van der Waals surface area contributed by atoms with Gasteiger partial charge in [-0.05, 0) is 48.5 Å². The largest absolute Gasteiger partial charge is 0.463 e. The maximum atomic E-state index is 12.9. The average molecular weight is 481 g/mol. The van der Waals surface area contributed by atoms with Gasteiger partial charge in [0.05, 0.1) is 19.2 Å². The van der Waals surface area contributed by atoms with E-state index in [9.17, 15) is 19.2 Å². The van der Waals surface area contributed by atoms with E-state index in [1.54, 1.807) is 30.3 Å². The number of nitrogens with zero attached hydrogens (tertiary/aromatic N) is 1. The number of halogens is 1. The first-order valence-electron chi connectivity index (χ1n) is 9.94. The van der Waals surface area contributed by atoms with E-state index in [1.807, 2.05) is 0 Å². The lowest BCUT2D eigenvalue weighted by atomic mass is 10.1. The fourth-order valence-corrected chi connectivity index (χ4v) is 3.34. The lowest BCUT2D eigenvalue weighted by Crippen LogP contribution is -2.30. The highest BCUT2D eigenvalue weighted by Crippen LogP contribution is 2.27. The summed E-state index contributed by atoms with van der Waals surface area (Å²) < 4.78 is 15.4. The molecule has 1 aromatic heterocycles. The second-order valence-electron chi connectivity index (χ2n) is 7.07. The summed E-state index contributed by atoms with van der Waals surface area (Å²) in [5.74, 6) is -1.59. The molecule has 1 aliphatic rings. The summed E-state index contributed by atoms with van der Waals surface area (Å²) in [6.45, 7) is -0.204. The van der Waals surface area contributed by atoms with Gasteiger partial charge in [0.2, 0.25) is 5.76 Å². The molecule has 0 saturated carbocycles. The third kappa shape index (κ3) is 4.84. The van der Waals surface area contributed by atoms with Crippen LogP contribution in [0, 0.1) is 0 Å². The van der Waals surface area contributed by atoms with E-state index in [0.717, 1.165) is 4.90 Å². The van der Waals surface area contributed by atoms with Crippen molar-refractivity contribution >= 4 is 41.6 Å². The van der Waals surface area contributed by atoms with Gasteiger partial charge in [-0.1, -0.05) is 29.8 Å². The summed E-state index contributed by atoms with van der Waals surface area (Å²) in [5.41, 5.74) is 0.606. The summed E-state index contributed by atoms with van der Waals surface area (Å²) >= 11 is 6.09. The Hall–Kier alpha value is -4.37. The molecule has 0 spiro atoms. The predicted molar refractivity (Wildman–Crippen MR) is 120 cm³/mol. The van der Waals surface area contributed by atoms with Gasteiger partial charge >= 0.3 is 18.0 Å². The molecule has 172 valence electrons. The van der Waals surface area contributed by atoms with E-state index in [4.69, 9.17) is 20.8 Å². The number of amides is 3. The molecular formula is C24H17ClN2O7. The summed E-state index contributed by atoms with van der Waals surface area (Å²) in [7, 11) is 1.21. The molecule has 1 N–H and O–H groups in total. The molecule has 2 aromatic carbocycles. The number of methoxy groups -OCH3 is 1. The highest BCUT2D eigenvalue weighted by Gasteiger charge is 2.34. The predicted octanol–water partition coefficient (Wildman–Crippen LogP) is 4.03. The van der Waals surface area contributed by atoms with Gasteiger partial charge in [-0.25, -0.2) is 14.4 Å². The van der Waals surface area contributed by atoms with Crippen LogP contribution in [0.3, 0.4) is 0 Å². The van der Waals surface area contributed by atoms with Gasteiger partial charge in [-0.15, -0.1) is 0 Å². The van der Waals surface area contributed by atoms with Crippen LogP contribution >= 0.6 is 11.6 Å². The van der Waals surface area contributed by atoms with E-state index in [-0.39, 0.29) is 29.5 Å². The monoisotopic (exact) mass is 480 g/mol. The lowest BCUT2D eigenvalue weighted by molar-refractivity contribution is -0.123. The second kappa shape index (κ2) is 9.63. The SMILES string of the molecule is COC(=O)c1ccc(CN2C(=O)NC(=Cc3cc(Cl)ccc3OC(=O)c3ccccc3)C2=O)o1. The van der Waals surface area contributed by atoms with Gasteiger partial charge in [0.1, 0.15) is 17.2 Å². The van der Waals surface area contributed by atoms with Crippen molar-refractivity contribution < 1.29 is 33.1 Å². The summed E-state index contributed by atoms with van der Waals surface area (Å²) in [6.07, 6.45) is 1.36. The van der Waals surface area contributed by atoms with E-state index in [0.29, 0.717) is 16.1 Å². The Kier molecular flexibility index (Phi) is 6.46. The van der Waals surface area contributed by atoms with Crippen LogP contribution in [0.15, 0.2) is 70.8 Å². The molecule has 2 heterocycles. The zero-order valence-electron chi connectivity index (χ0n) is 17.7. The number of furan rings is 1. The van der Waals surface area contributed by atoms with Crippen LogP contribution in [-0.4, -0.2) is 35.9 Å². The number of carbonyl (C=O) groups is 4. The first-order chi connectivity index (χ1) is 16.4. The fraction of sp³-hybridized carbons (Fsp3) is 0.0833. The van der Waals surface area contributed by atoms with Crippen LogP contribution < -0.4 is 10.1 Å². The molecule has 1 aliphatic heterocycles. The summed E-state index contributed by atoms with van der Waals surface area (Å²) in [5, 5.41) is 2.82. The fourth-order valence-electron chi connectivity index (χ4n) is 3.16. The minimum Gasteiger partial charge on any atom is -0.463 e. The number of esters is 2. The topological polar surface area (TPSA) is 115 Å². The molecule has 1 saturated heterocycles. The first-order valence-corrected chi connectivity index (χ1v) is 10.3. The maximum absolute atomic E-state index is 12.9. The van der Waals surface area contributed by atoms with E-state index in [2.05, 4.69) is 10.1 Å². The quantitative estimate of drug-likeness (QED) is 0.245. The van der Waals surface area contributed by atoms with Crippen LogP contribution in [0.2, 0.25) is 5.02 Å². The van der Waals surface area contributed by atoms with Gasteiger partial charge in [0.25, 0.3) is 5.91 Å². The molecule has 34 heavy (non-hydrogen) atoms. The van der Waals surface area contributed by atoms with Crippen LogP contribution in [-0.2, 0) is 16.1 Å². The van der Waals surface area contributed by atoms with Crippen LogP contribution in [0.1, 0.15) is 32.2 Å². The molecule has 4 rings (SSSR count). The molecule has 3 amide bonds.